The van der Waals surface area contributed by atoms with Gasteiger partial charge in [-0.1, -0.05) is 30.3 Å². The second-order valence-corrected chi connectivity index (χ2v) is 5.71. The lowest BCUT2D eigenvalue weighted by Crippen LogP contribution is -2.39. The molecule has 2 nitrogen and oxygen atoms in total. The Morgan fingerprint density at radius 1 is 1.22 bits per heavy atom. The maximum Gasteiger partial charge on any atom is 0.227 e. The van der Waals surface area contributed by atoms with E-state index in [0.29, 0.717) is 11.4 Å². The normalized spacial score (nSPS) is 25.4. The molecule has 0 spiro atoms. The number of rotatable bonds is 3. The van der Waals surface area contributed by atoms with Crippen LogP contribution in [0.4, 0.5) is 0 Å². The minimum Gasteiger partial charge on any atom is -0.353 e. The minimum atomic E-state index is -0.0834. The summed E-state index contributed by atoms with van der Waals surface area (Å²) in [6.07, 6.45) is 4.02. The average Bonchev–Trinajstić information content (AvgIpc) is 2.41. The highest BCUT2D eigenvalue weighted by Crippen LogP contribution is 2.23. The quantitative estimate of drug-likeness (QED) is 0.834. The number of benzene rings is 1. The van der Waals surface area contributed by atoms with E-state index in [0.717, 1.165) is 31.2 Å². The summed E-state index contributed by atoms with van der Waals surface area (Å²) in [7, 11) is 0. The van der Waals surface area contributed by atoms with Gasteiger partial charge in [-0.05, 0) is 38.2 Å². The van der Waals surface area contributed by atoms with Gasteiger partial charge in [-0.15, -0.1) is 11.6 Å². The molecule has 1 amide bonds. The molecule has 0 aliphatic heterocycles. The van der Waals surface area contributed by atoms with Gasteiger partial charge in [-0.3, -0.25) is 4.79 Å². The Morgan fingerprint density at radius 3 is 2.44 bits per heavy atom. The van der Waals surface area contributed by atoms with Crippen molar-refractivity contribution in [1.29, 1.82) is 0 Å². The van der Waals surface area contributed by atoms with Crippen LogP contribution in [0.5, 0.6) is 0 Å². The van der Waals surface area contributed by atoms with Crippen LogP contribution in [0.25, 0.3) is 0 Å². The number of carbonyl (C=O) groups is 1. The van der Waals surface area contributed by atoms with Crippen molar-refractivity contribution in [2.75, 3.05) is 0 Å². The molecule has 1 saturated carbocycles. The average molecular weight is 266 g/mol. The van der Waals surface area contributed by atoms with Crippen LogP contribution >= 0.6 is 11.6 Å². The number of halogens is 1. The molecule has 1 aromatic carbocycles. The van der Waals surface area contributed by atoms with Crippen LogP contribution in [0.2, 0.25) is 0 Å². The lowest BCUT2D eigenvalue weighted by Gasteiger charge is -2.27. The second kappa shape index (κ2) is 6.24. The van der Waals surface area contributed by atoms with Crippen molar-refractivity contribution in [1.82, 2.24) is 5.32 Å². The molecule has 0 aromatic heterocycles. The van der Waals surface area contributed by atoms with Gasteiger partial charge in [-0.25, -0.2) is 0 Å². The monoisotopic (exact) mass is 265 g/mol. The van der Waals surface area contributed by atoms with Crippen LogP contribution in [0.15, 0.2) is 30.3 Å². The van der Waals surface area contributed by atoms with E-state index in [1.54, 1.807) is 0 Å². The number of hydrogen-bond donors (Lipinski definition) is 1. The van der Waals surface area contributed by atoms with E-state index in [-0.39, 0.29) is 11.8 Å². The van der Waals surface area contributed by atoms with E-state index in [2.05, 4.69) is 5.32 Å². The van der Waals surface area contributed by atoms with Gasteiger partial charge in [0.15, 0.2) is 0 Å². The van der Waals surface area contributed by atoms with Gasteiger partial charge in [-0.2, -0.15) is 0 Å². The number of alkyl halides is 1. The topological polar surface area (TPSA) is 29.1 Å². The summed E-state index contributed by atoms with van der Waals surface area (Å²) in [6, 6.07) is 10.2. The van der Waals surface area contributed by atoms with Crippen LogP contribution in [-0.2, 0) is 4.79 Å². The maximum atomic E-state index is 12.1. The van der Waals surface area contributed by atoms with E-state index in [1.165, 1.54) is 0 Å². The molecule has 1 atom stereocenters. The lowest BCUT2D eigenvalue weighted by atomic mass is 9.93. The van der Waals surface area contributed by atoms with Crippen molar-refractivity contribution >= 4 is 17.5 Å². The lowest BCUT2D eigenvalue weighted by molar-refractivity contribution is -0.123. The van der Waals surface area contributed by atoms with E-state index in [4.69, 9.17) is 11.6 Å². The molecule has 1 fully saturated rings. The molecular weight excluding hydrogens is 246 g/mol. The fourth-order valence-corrected chi connectivity index (χ4v) is 2.67. The summed E-state index contributed by atoms with van der Waals surface area (Å²) in [4.78, 5) is 12.1. The SMILES string of the molecule is CC(C(=O)NC1CCC(Cl)CC1)c1ccccc1. The highest BCUT2D eigenvalue weighted by Gasteiger charge is 2.23. The van der Waals surface area contributed by atoms with Crippen LogP contribution in [-0.4, -0.2) is 17.3 Å². The van der Waals surface area contributed by atoms with Crippen LogP contribution in [0, 0.1) is 0 Å². The van der Waals surface area contributed by atoms with Crippen molar-refractivity contribution in [3.8, 4) is 0 Å². The third kappa shape index (κ3) is 3.49. The Kier molecular flexibility index (Phi) is 4.65. The van der Waals surface area contributed by atoms with Crippen LogP contribution in [0.1, 0.15) is 44.1 Å². The molecule has 18 heavy (non-hydrogen) atoms. The minimum absolute atomic E-state index is 0.0834. The Labute approximate surface area is 114 Å². The summed E-state index contributed by atoms with van der Waals surface area (Å²) in [5.74, 6) is 0.0409. The zero-order chi connectivity index (χ0) is 13.0. The van der Waals surface area contributed by atoms with Gasteiger partial charge in [0.25, 0.3) is 0 Å². The van der Waals surface area contributed by atoms with Gasteiger partial charge in [0.2, 0.25) is 5.91 Å². The predicted molar refractivity (Wildman–Crippen MR) is 74.9 cm³/mol. The van der Waals surface area contributed by atoms with Gasteiger partial charge in [0.1, 0.15) is 0 Å². The summed E-state index contributed by atoms with van der Waals surface area (Å²) in [6.45, 7) is 1.96. The van der Waals surface area contributed by atoms with Crippen molar-refractivity contribution in [2.24, 2.45) is 0 Å². The molecule has 3 heteroatoms. The summed E-state index contributed by atoms with van der Waals surface area (Å²) < 4.78 is 0. The molecule has 0 heterocycles. The van der Waals surface area contributed by atoms with E-state index < -0.39 is 0 Å². The maximum absolute atomic E-state index is 12.1. The molecule has 1 aromatic rings. The Balaban J connectivity index is 1.88. The van der Waals surface area contributed by atoms with Gasteiger partial charge < -0.3 is 5.32 Å². The van der Waals surface area contributed by atoms with E-state index in [1.807, 2.05) is 37.3 Å². The zero-order valence-corrected chi connectivity index (χ0v) is 11.5. The molecular formula is C15H20ClNO. The fourth-order valence-electron chi connectivity index (χ4n) is 2.42. The molecule has 0 radical (unpaired) electrons. The second-order valence-electron chi connectivity index (χ2n) is 5.09. The first-order valence-corrected chi connectivity index (χ1v) is 7.10. The van der Waals surface area contributed by atoms with Gasteiger partial charge in [0, 0.05) is 11.4 Å². The molecule has 1 N–H and O–H groups in total. The van der Waals surface area contributed by atoms with Crippen LogP contribution in [0.3, 0.4) is 0 Å². The molecule has 2 rings (SSSR count). The number of hydrogen-bond acceptors (Lipinski definition) is 1. The third-order valence-corrected chi connectivity index (χ3v) is 4.13. The standard InChI is InChI=1S/C15H20ClNO/c1-11(12-5-3-2-4-6-12)15(18)17-14-9-7-13(16)8-10-14/h2-6,11,13-14H,7-10H2,1H3,(H,17,18). The Bertz CT molecular complexity index is 385. The first-order valence-electron chi connectivity index (χ1n) is 6.66. The molecule has 1 unspecified atom stereocenters. The smallest absolute Gasteiger partial charge is 0.227 e. The highest BCUT2D eigenvalue weighted by molar-refractivity contribution is 6.20. The molecule has 0 saturated heterocycles. The first kappa shape index (κ1) is 13.4. The predicted octanol–water partition coefficient (Wildman–Crippen LogP) is 3.46. The summed E-state index contributed by atoms with van der Waals surface area (Å²) >= 11 is 6.06. The summed E-state index contributed by atoms with van der Waals surface area (Å²) in [5, 5.41) is 3.44. The van der Waals surface area contributed by atoms with Gasteiger partial charge in [0.05, 0.1) is 5.92 Å². The van der Waals surface area contributed by atoms with E-state index >= 15 is 0 Å². The number of nitrogens with one attached hydrogen (secondary N) is 1. The largest absolute Gasteiger partial charge is 0.353 e. The van der Waals surface area contributed by atoms with Crippen molar-refractivity contribution in [3.05, 3.63) is 35.9 Å². The molecule has 0 bridgehead atoms. The Hall–Kier alpha value is -1.02. The van der Waals surface area contributed by atoms with Crippen molar-refractivity contribution in [2.45, 2.75) is 49.9 Å². The zero-order valence-electron chi connectivity index (χ0n) is 10.7. The third-order valence-electron chi connectivity index (χ3n) is 3.70. The van der Waals surface area contributed by atoms with Crippen molar-refractivity contribution < 1.29 is 4.79 Å². The fraction of sp³-hybridized carbons (Fsp3) is 0.533. The number of amides is 1. The first-order chi connectivity index (χ1) is 8.66. The summed E-state index contributed by atoms with van der Waals surface area (Å²) in [5.41, 5.74) is 1.07. The number of carbonyl (C=O) groups excluding carboxylic acids is 1. The van der Waals surface area contributed by atoms with E-state index in [9.17, 15) is 4.79 Å². The van der Waals surface area contributed by atoms with Crippen LogP contribution < -0.4 is 5.32 Å². The highest BCUT2D eigenvalue weighted by atomic mass is 35.5. The van der Waals surface area contributed by atoms with Gasteiger partial charge >= 0.3 is 0 Å². The Morgan fingerprint density at radius 2 is 1.83 bits per heavy atom. The molecule has 1 aliphatic rings. The van der Waals surface area contributed by atoms with Crippen molar-refractivity contribution in [3.63, 3.8) is 0 Å². The molecule has 1 aliphatic carbocycles. The molecule has 98 valence electrons.